The SMILES string of the molecule is CCn1cc(Br)cc1C(=O)NC1CC2CC1C1CCCC21. The van der Waals surface area contributed by atoms with Gasteiger partial charge in [-0.05, 0) is 78.3 Å². The number of hydrogen-bond acceptors (Lipinski definition) is 1. The summed E-state index contributed by atoms with van der Waals surface area (Å²) in [5.74, 6) is 3.63. The second-order valence-corrected chi connectivity index (χ2v) is 7.98. The minimum atomic E-state index is 0.106. The van der Waals surface area contributed by atoms with E-state index in [1.54, 1.807) is 0 Å². The summed E-state index contributed by atoms with van der Waals surface area (Å²) in [6, 6.07) is 2.35. The van der Waals surface area contributed by atoms with E-state index < -0.39 is 0 Å². The van der Waals surface area contributed by atoms with Crippen molar-refractivity contribution in [3.63, 3.8) is 0 Å². The maximum absolute atomic E-state index is 12.6. The summed E-state index contributed by atoms with van der Waals surface area (Å²) >= 11 is 3.47. The summed E-state index contributed by atoms with van der Waals surface area (Å²) in [6.07, 6.45) is 8.81. The van der Waals surface area contributed by atoms with Gasteiger partial charge in [0.05, 0.1) is 0 Å². The number of aryl methyl sites for hydroxylation is 1. The highest BCUT2D eigenvalue weighted by atomic mass is 79.9. The zero-order chi connectivity index (χ0) is 14.6. The molecule has 3 saturated carbocycles. The van der Waals surface area contributed by atoms with E-state index >= 15 is 0 Å². The van der Waals surface area contributed by atoms with Gasteiger partial charge in [0, 0.05) is 23.3 Å². The maximum Gasteiger partial charge on any atom is 0.268 e. The van der Waals surface area contributed by atoms with E-state index in [1.165, 1.54) is 32.1 Å². The third-order valence-corrected chi connectivity index (χ3v) is 6.62. The van der Waals surface area contributed by atoms with E-state index in [-0.39, 0.29) is 5.91 Å². The maximum atomic E-state index is 12.6. The average molecular weight is 351 g/mol. The molecule has 1 amide bonds. The van der Waals surface area contributed by atoms with Crippen molar-refractivity contribution < 1.29 is 4.79 Å². The van der Waals surface area contributed by atoms with Crippen LogP contribution in [0.2, 0.25) is 0 Å². The molecule has 1 N–H and O–H groups in total. The molecule has 0 aromatic carbocycles. The summed E-state index contributed by atoms with van der Waals surface area (Å²) < 4.78 is 3.00. The molecule has 0 radical (unpaired) electrons. The Hall–Kier alpha value is -0.770. The highest BCUT2D eigenvalue weighted by Gasteiger charge is 2.54. The van der Waals surface area contributed by atoms with Gasteiger partial charge in [-0.2, -0.15) is 0 Å². The molecule has 4 heteroatoms. The number of carbonyl (C=O) groups is 1. The van der Waals surface area contributed by atoms with Crippen LogP contribution >= 0.6 is 15.9 Å². The van der Waals surface area contributed by atoms with Gasteiger partial charge < -0.3 is 9.88 Å². The Bertz CT molecular complexity index is 567. The van der Waals surface area contributed by atoms with Gasteiger partial charge in [-0.15, -0.1) is 0 Å². The van der Waals surface area contributed by atoms with E-state index in [4.69, 9.17) is 0 Å². The third-order valence-electron chi connectivity index (χ3n) is 6.18. The van der Waals surface area contributed by atoms with Crippen LogP contribution in [0.15, 0.2) is 16.7 Å². The molecule has 5 atom stereocenters. The van der Waals surface area contributed by atoms with Crippen LogP contribution in [-0.4, -0.2) is 16.5 Å². The van der Waals surface area contributed by atoms with Gasteiger partial charge in [0.25, 0.3) is 5.91 Å². The van der Waals surface area contributed by atoms with Crippen LogP contribution in [0.1, 0.15) is 49.5 Å². The lowest BCUT2D eigenvalue weighted by atomic mass is 9.79. The van der Waals surface area contributed by atoms with Crippen LogP contribution < -0.4 is 5.32 Å². The number of fused-ring (bicyclic) bond motifs is 5. The molecule has 4 rings (SSSR count). The molecule has 1 aromatic heterocycles. The second kappa shape index (κ2) is 5.15. The third kappa shape index (κ3) is 2.18. The molecule has 0 spiro atoms. The summed E-state index contributed by atoms with van der Waals surface area (Å²) in [6.45, 7) is 2.90. The minimum Gasteiger partial charge on any atom is -0.348 e. The molecule has 3 aliphatic carbocycles. The van der Waals surface area contributed by atoms with Crippen molar-refractivity contribution in [3.8, 4) is 0 Å². The minimum absolute atomic E-state index is 0.106. The fourth-order valence-corrected chi connectivity index (χ4v) is 5.87. The van der Waals surface area contributed by atoms with Gasteiger partial charge in [-0.1, -0.05) is 6.42 Å². The predicted octanol–water partition coefficient (Wildman–Crippen LogP) is 3.83. The van der Waals surface area contributed by atoms with Crippen LogP contribution in [-0.2, 0) is 6.54 Å². The lowest BCUT2D eigenvalue weighted by Crippen LogP contribution is -2.43. The van der Waals surface area contributed by atoms with Crippen LogP contribution in [0.3, 0.4) is 0 Å². The van der Waals surface area contributed by atoms with Crippen molar-refractivity contribution in [2.24, 2.45) is 23.7 Å². The van der Waals surface area contributed by atoms with Gasteiger partial charge in [0.1, 0.15) is 5.69 Å². The Morgan fingerprint density at radius 3 is 2.95 bits per heavy atom. The van der Waals surface area contributed by atoms with Gasteiger partial charge in [0.2, 0.25) is 0 Å². The van der Waals surface area contributed by atoms with Crippen molar-refractivity contribution >= 4 is 21.8 Å². The number of halogens is 1. The smallest absolute Gasteiger partial charge is 0.268 e. The molecule has 3 fully saturated rings. The molecule has 0 saturated heterocycles. The van der Waals surface area contributed by atoms with Crippen molar-refractivity contribution in [2.75, 3.05) is 0 Å². The predicted molar refractivity (Wildman–Crippen MR) is 86.1 cm³/mol. The van der Waals surface area contributed by atoms with Crippen molar-refractivity contribution in [3.05, 3.63) is 22.4 Å². The Kier molecular flexibility index (Phi) is 3.40. The standard InChI is InChI=1S/C17H23BrN2O/c1-2-20-9-11(18)8-16(20)17(21)19-15-7-10-6-14(15)13-5-3-4-12(10)13/h8-10,12-15H,2-7H2,1H3,(H,19,21). The number of amides is 1. The fraction of sp³-hybridized carbons (Fsp3) is 0.706. The Labute approximate surface area is 134 Å². The second-order valence-electron chi connectivity index (χ2n) is 7.06. The molecular formula is C17H23BrN2O. The zero-order valence-corrected chi connectivity index (χ0v) is 14.1. The van der Waals surface area contributed by atoms with Crippen LogP contribution in [0.25, 0.3) is 0 Å². The highest BCUT2D eigenvalue weighted by molar-refractivity contribution is 9.10. The van der Waals surface area contributed by atoms with E-state index in [0.29, 0.717) is 6.04 Å². The fourth-order valence-electron chi connectivity index (χ4n) is 5.40. The molecule has 21 heavy (non-hydrogen) atoms. The molecule has 0 aliphatic heterocycles. The lowest BCUT2D eigenvalue weighted by molar-refractivity contribution is 0.0892. The van der Waals surface area contributed by atoms with Crippen LogP contribution in [0.4, 0.5) is 0 Å². The van der Waals surface area contributed by atoms with Crippen LogP contribution in [0.5, 0.6) is 0 Å². The average Bonchev–Trinajstić information content (AvgIpc) is 3.17. The number of nitrogens with zero attached hydrogens (tertiary/aromatic N) is 1. The highest BCUT2D eigenvalue weighted by Crippen LogP contribution is 2.58. The monoisotopic (exact) mass is 350 g/mol. The van der Waals surface area contributed by atoms with Crippen LogP contribution in [0, 0.1) is 23.7 Å². The number of rotatable bonds is 3. The first-order valence-electron chi connectivity index (χ1n) is 8.34. The molecule has 3 nitrogen and oxygen atoms in total. The first kappa shape index (κ1) is 13.9. The Balaban J connectivity index is 1.48. The van der Waals surface area contributed by atoms with Gasteiger partial charge in [-0.25, -0.2) is 0 Å². The molecule has 2 bridgehead atoms. The molecule has 1 aromatic rings. The largest absolute Gasteiger partial charge is 0.348 e. The van der Waals surface area contributed by atoms with E-state index in [1.807, 2.05) is 16.8 Å². The van der Waals surface area contributed by atoms with Crippen molar-refractivity contribution in [1.82, 2.24) is 9.88 Å². The molecule has 1 heterocycles. The van der Waals surface area contributed by atoms with E-state index in [9.17, 15) is 4.79 Å². The normalized spacial score (nSPS) is 37.0. The summed E-state index contributed by atoms with van der Waals surface area (Å²) in [4.78, 5) is 12.6. The summed E-state index contributed by atoms with van der Waals surface area (Å²) in [7, 11) is 0. The van der Waals surface area contributed by atoms with Gasteiger partial charge in [-0.3, -0.25) is 4.79 Å². The summed E-state index contributed by atoms with van der Waals surface area (Å²) in [5, 5.41) is 3.35. The lowest BCUT2D eigenvalue weighted by Gasteiger charge is -2.32. The molecule has 5 unspecified atom stereocenters. The van der Waals surface area contributed by atoms with E-state index in [0.717, 1.165) is 40.4 Å². The topological polar surface area (TPSA) is 34.0 Å². The van der Waals surface area contributed by atoms with Crippen molar-refractivity contribution in [1.29, 1.82) is 0 Å². The van der Waals surface area contributed by atoms with E-state index in [2.05, 4.69) is 28.2 Å². The number of nitrogens with one attached hydrogen (secondary N) is 1. The first-order valence-corrected chi connectivity index (χ1v) is 9.13. The first-order chi connectivity index (χ1) is 10.2. The molecular weight excluding hydrogens is 328 g/mol. The number of hydrogen-bond donors (Lipinski definition) is 1. The zero-order valence-electron chi connectivity index (χ0n) is 12.5. The number of carbonyl (C=O) groups excluding carboxylic acids is 1. The van der Waals surface area contributed by atoms with Crippen molar-refractivity contribution in [2.45, 2.75) is 51.6 Å². The molecule has 114 valence electrons. The number of aromatic nitrogens is 1. The Morgan fingerprint density at radius 1 is 1.33 bits per heavy atom. The summed E-state index contributed by atoms with van der Waals surface area (Å²) in [5.41, 5.74) is 0.787. The van der Waals surface area contributed by atoms with Gasteiger partial charge >= 0.3 is 0 Å². The molecule has 3 aliphatic rings. The Morgan fingerprint density at radius 2 is 2.14 bits per heavy atom. The quantitative estimate of drug-likeness (QED) is 0.883. The van der Waals surface area contributed by atoms with Gasteiger partial charge in [0.15, 0.2) is 0 Å².